The first-order chi connectivity index (χ1) is 15.9. The van der Waals surface area contributed by atoms with Gasteiger partial charge < -0.3 is 19.4 Å². The zero-order valence-corrected chi connectivity index (χ0v) is 19.1. The van der Waals surface area contributed by atoms with Crippen LogP contribution in [0.1, 0.15) is 22.6 Å². The van der Waals surface area contributed by atoms with Crippen LogP contribution in [0.5, 0.6) is 11.6 Å². The molecule has 33 heavy (non-hydrogen) atoms. The Hall–Kier alpha value is -3.30. The third-order valence-corrected chi connectivity index (χ3v) is 7.56. The van der Waals surface area contributed by atoms with Gasteiger partial charge in [-0.2, -0.15) is 0 Å². The number of carbonyl (C=O) groups is 1. The molecule has 8 nitrogen and oxygen atoms in total. The highest BCUT2D eigenvalue weighted by Gasteiger charge is 2.30. The van der Waals surface area contributed by atoms with Crippen LogP contribution in [0.15, 0.2) is 39.7 Å². The van der Waals surface area contributed by atoms with E-state index in [1.165, 1.54) is 11.3 Å². The number of methoxy groups -OCH3 is 1. The van der Waals surface area contributed by atoms with E-state index in [-0.39, 0.29) is 12.4 Å². The highest BCUT2D eigenvalue weighted by Crippen LogP contribution is 2.45. The number of benzene rings is 1. The second kappa shape index (κ2) is 8.24. The van der Waals surface area contributed by atoms with Gasteiger partial charge in [0.1, 0.15) is 10.6 Å². The van der Waals surface area contributed by atoms with Gasteiger partial charge in [0.2, 0.25) is 5.88 Å². The van der Waals surface area contributed by atoms with Crippen molar-refractivity contribution in [2.24, 2.45) is 5.92 Å². The van der Waals surface area contributed by atoms with Crippen LogP contribution in [0.2, 0.25) is 5.02 Å². The highest BCUT2D eigenvalue weighted by molar-refractivity contribution is 7.19. The van der Waals surface area contributed by atoms with E-state index in [2.05, 4.69) is 0 Å². The summed E-state index contributed by atoms with van der Waals surface area (Å²) in [5.41, 5.74) is 3.09. The molecule has 0 radical (unpaired) electrons. The molecule has 1 aliphatic carbocycles. The van der Waals surface area contributed by atoms with E-state index >= 15 is 0 Å². The molecule has 1 aliphatic rings. The van der Waals surface area contributed by atoms with Gasteiger partial charge in [0, 0.05) is 15.8 Å². The van der Waals surface area contributed by atoms with E-state index in [1.54, 1.807) is 7.11 Å². The topological polar surface area (TPSA) is 115 Å². The van der Waals surface area contributed by atoms with Crippen LogP contribution < -0.4 is 10.5 Å². The number of aromatic nitrogens is 2. The second-order valence-corrected chi connectivity index (χ2v) is 9.35. The van der Waals surface area contributed by atoms with Gasteiger partial charge in [-0.05, 0) is 42.5 Å². The molecule has 1 aromatic carbocycles. The van der Waals surface area contributed by atoms with Gasteiger partial charge in [0.25, 0.3) is 0 Å². The maximum Gasteiger partial charge on any atom is 0.422 e. The molecular weight excluding hydrogens is 468 g/mol. The van der Waals surface area contributed by atoms with Gasteiger partial charge in [0.15, 0.2) is 6.26 Å². The van der Waals surface area contributed by atoms with Gasteiger partial charge in [-0.15, -0.1) is 11.3 Å². The Morgan fingerprint density at radius 1 is 1.36 bits per heavy atom. The molecule has 0 bridgehead atoms. The second-order valence-electron chi connectivity index (χ2n) is 7.88. The van der Waals surface area contributed by atoms with Crippen LogP contribution in [-0.4, -0.2) is 32.8 Å². The number of aryl methyl sites for hydroxylation is 1. The number of hydrogen-bond acceptors (Lipinski definition) is 7. The number of nitrogens with zero attached hydrogens (tertiary/aromatic N) is 2. The lowest BCUT2D eigenvalue weighted by Gasteiger charge is -2.19. The molecule has 1 unspecified atom stereocenters. The SMILES string of the molecule is COc1ccc(-c2c(Cl)c(Cn3c(O)coc3=O)nc3sc4c(c23)CCC(C(=O)O)C4)cc1. The van der Waals surface area contributed by atoms with Gasteiger partial charge in [-0.1, -0.05) is 23.7 Å². The van der Waals surface area contributed by atoms with Crippen molar-refractivity contribution in [3.63, 3.8) is 0 Å². The smallest absolute Gasteiger partial charge is 0.422 e. The average Bonchev–Trinajstić information content (AvgIpc) is 3.33. The monoisotopic (exact) mass is 486 g/mol. The minimum atomic E-state index is -0.796. The van der Waals surface area contributed by atoms with Crippen molar-refractivity contribution in [1.29, 1.82) is 0 Å². The minimum Gasteiger partial charge on any atom is -0.497 e. The molecule has 0 saturated heterocycles. The average molecular weight is 487 g/mol. The molecular formula is C23H19ClN2O6S. The van der Waals surface area contributed by atoms with E-state index in [9.17, 15) is 19.8 Å². The summed E-state index contributed by atoms with van der Waals surface area (Å²) < 4.78 is 11.1. The molecule has 3 heterocycles. The summed E-state index contributed by atoms with van der Waals surface area (Å²) in [6, 6.07) is 7.47. The first-order valence-corrected chi connectivity index (χ1v) is 11.4. The predicted molar refractivity (Wildman–Crippen MR) is 124 cm³/mol. The summed E-state index contributed by atoms with van der Waals surface area (Å²) in [6.07, 6.45) is 2.58. The van der Waals surface area contributed by atoms with Crippen LogP contribution >= 0.6 is 22.9 Å². The number of pyridine rings is 1. The summed E-state index contributed by atoms with van der Waals surface area (Å²) in [5, 5.41) is 20.7. The number of ether oxygens (including phenoxy) is 1. The molecule has 0 spiro atoms. The summed E-state index contributed by atoms with van der Waals surface area (Å²) in [5.74, 6) is -1.56. The standard InChI is InChI=1S/C23H19ClN2O6S/c1-31-13-5-2-11(3-6-13)18-19-14-7-4-12(22(28)29)8-16(14)33-21(19)25-15(20(18)24)9-26-17(27)10-32-23(26)30/h2-3,5-6,10,12,27H,4,7-9H2,1H3,(H,28,29). The summed E-state index contributed by atoms with van der Waals surface area (Å²) >= 11 is 8.34. The van der Waals surface area contributed by atoms with E-state index in [0.29, 0.717) is 40.6 Å². The first kappa shape index (κ1) is 21.5. The first-order valence-electron chi connectivity index (χ1n) is 10.2. The molecule has 0 fully saturated rings. The van der Waals surface area contributed by atoms with E-state index < -0.39 is 17.6 Å². The Kier molecular flexibility index (Phi) is 5.38. The number of fused-ring (bicyclic) bond motifs is 3. The summed E-state index contributed by atoms with van der Waals surface area (Å²) in [7, 11) is 1.59. The number of carboxylic acid groups (broad SMARTS) is 1. The maximum atomic E-state index is 12.0. The molecule has 0 aliphatic heterocycles. The third-order valence-electron chi connectivity index (χ3n) is 6.00. The van der Waals surface area contributed by atoms with Crippen molar-refractivity contribution >= 4 is 39.1 Å². The minimum absolute atomic E-state index is 0.0700. The number of halogens is 1. The predicted octanol–water partition coefficient (Wildman–Crippen LogP) is 4.32. The molecule has 0 saturated carbocycles. The van der Waals surface area contributed by atoms with Crippen LogP contribution in [0.25, 0.3) is 21.3 Å². The van der Waals surface area contributed by atoms with Crippen LogP contribution in [0.3, 0.4) is 0 Å². The Morgan fingerprint density at radius 3 is 2.76 bits per heavy atom. The van der Waals surface area contributed by atoms with Crippen molar-refractivity contribution in [2.75, 3.05) is 7.11 Å². The molecule has 4 aromatic rings. The van der Waals surface area contributed by atoms with Crippen molar-refractivity contribution in [3.05, 3.63) is 62.2 Å². The normalized spacial score (nSPS) is 15.5. The van der Waals surface area contributed by atoms with Crippen molar-refractivity contribution in [2.45, 2.75) is 25.8 Å². The Bertz CT molecular complexity index is 1440. The maximum absolute atomic E-state index is 12.0. The molecule has 2 N–H and O–H groups in total. The lowest BCUT2D eigenvalue weighted by Crippen LogP contribution is -2.21. The lowest BCUT2D eigenvalue weighted by molar-refractivity contribution is -0.142. The molecule has 10 heteroatoms. The zero-order chi connectivity index (χ0) is 23.3. The quantitative estimate of drug-likeness (QED) is 0.431. The molecule has 1 atom stereocenters. The Labute approximate surface area is 196 Å². The molecule has 0 amide bonds. The van der Waals surface area contributed by atoms with Crippen molar-refractivity contribution in [1.82, 2.24) is 9.55 Å². The number of carboxylic acids is 1. The van der Waals surface area contributed by atoms with Crippen LogP contribution in [0.4, 0.5) is 0 Å². The van der Waals surface area contributed by atoms with Gasteiger partial charge in [0.05, 0.1) is 30.3 Å². The fraction of sp³-hybridized carbons (Fsp3) is 0.261. The zero-order valence-electron chi connectivity index (χ0n) is 17.5. The number of rotatable bonds is 5. The highest BCUT2D eigenvalue weighted by atomic mass is 35.5. The number of thiophene rings is 1. The van der Waals surface area contributed by atoms with Crippen LogP contribution in [0, 0.1) is 5.92 Å². The van der Waals surface area contributed by atoms with E-state index in [0.717, 1.165) is 37.8 Å². The number of aliphatic carboxylic acids is 1. The summed E-state index contributed by atoms with van der Waals surface area (Å²) in [6.45, 7) is -0.0700. The Balaban J connectivity index is 1.74. The van der Waals surface area contributed by atoms with Crippen molar-refractivity contribution in [3.8, 4) is 22.8 Å². The largest absolute Gasteiger partial charge is 0.497 e. The molecule has 170 valence electrons. The Morgan fingerprint density at radius 2 is 2.12 bits per heavy atom. The fourth-order valence-electron chi connectivity index (χ4n) is 4.30. The van der Waals surface area contributed by atoms with Gasteiger partial charge in [-0.3, -0.25) is 4.79 Å². The fourth-order valence-corrected chi connectivity index (χ4v) is 5.93. The number of oxazole rings is 1. The summed E-state index contributed by atoms with van der Waals surface area (Å²) in [4.78, 5) is 30.0. The number of aromatic hydroxyl groups is 1. The van der Waals surface area contributed by atoms with E-state index in [1.807, 2.05) is 24.3 Å². The number of hydrogen-bond donors (Lipinski definition) is 2. The van der Waals surface area contributed by atoms with Crippen molar-refractivity contribution < 1.29 is 24.2 Å². The molecule has 3 aromatic heterocycles. The lowest BCUT2D eigenvalue weighted by atomic mass is 9.86. The van der Waals surface area contributed by atoms with E-state index in [4.69, 9.17) is 25.7 Å². The molecule has 5 rings (SSSR count). The van der Waals surface area contributed by atoms with Gasteiger partial charge in [-0.25, -0.2) is 14.3 Å². The van der Waals surface area contributed by atoms with Crippen LogP contribution in [-0.2, 0) is 24.2 Å². The van der Waals surface area contributed by atoms with Gasteiger partial charge >= 0.3 is 11.7 Å². The third kappa shape index (κ3) is 3.67.